The van der Waals surface area contributed by atoms with Gasteiger partial charge in [-0.3, -0.25) is 0 Å². The first kappa shape index (κ1) is 20.1. The van der Waals surface area contributed by atoms with E-state index in [-0.39, 0.29) is 11.1 Å². The molecule has 6 heteroatoms. The molecule has 0 aliphatic carbocycles. The highest BCUT2D eigenvalue weighted by Crippen LogP contribution is 2.31. The van der Waals surface area contributed by atoms with Gasteiger partial charge in [0, 0.05) is 40.6 Å². The van der Waals surface area contributed by atoms with Crippen molar-refractivity contribution in [2.75, 3.05) is 7.05 Å². The van der Waals surface area contributed by atoms with Gasteiger partial charge in [-0.15, -0.1) is 0 Å². The lowest BCUT2D eigenvalue weighted by Gasteiger charge is -2.49. The van der Waals surface area contributed by atoms with Gasteiger partial charge in [0.05, 0.1) is 18.2 Å². The lowest BCUT2D eigenvalue weighted by molar-refractivity contribution is 0.0981. The standard InChI is InChI=1S/C22H32N6/c1-21(2)11-18(12-22(3,4)27-21)28(5)20(24)9-8-19(23)15-6-7-16-13-25-26-14-17(16)10-15/h6-10,13-14,18,27H,11-12,23-24H2,1-5H3/b19-8-,20-9+. The highest BCUT2D eigenvalue weighted by Gasteiger charge is 2.39. The molecule has 0 saturated carbocycles. The minimum atomic E-state index is 0.0732. The largest absolute Gasteiger partial charge is 0.398 e. The van der Waals surface area contributed by atoms with E-state index in [0.717, 1.165) is 29.2 Å². The van der Waals surface area contributed by atoms with Crippen LogP contribution in [0.5, 0.6) is 0 Å². The summed E-state index contributed by atoms with van der Waals surface area (Å²) in [5, 5.41) is 13.6. The van der Waals surface area contributed by atoms with Crippen molar-refractivity contribution in [2.45, 2.75) is 57.7 Å². The van der Waals surface area contributed by atoms with Crippen LogP contribution < -0.4 is 16.8 Å². The Balaban J connectivity index is 1.77. The number of benzene rings is 1. The maximum absolute atomic E-state index is 6.39. The molecule has 150 valence electrons. The Hall–Kier alpha value is -2.60. The van der Waals surface area contributed by atoms with Gasteiger partial charge in [-0.25, -0.2) is 0 Å². The third kappa shape index (κ3) is 4.62. The maximum atomic E-state index is 6.39. The molecule has 5 N–H and O–H groups in total. The lowest BCUT2D eigenvalue weighted by atomic mass is 9.79. The van der Waals surface area contributed by atoms with E-state index in [4.69, 9.17) is 11.5 Å². The van der Waals surface area contributed by atoms with Crippen LogP contribution in [0.15, 0.2) is 48.6 Å². The Morgan fingerprint density at radius 2 is 1.64 bits per heavy atom. The predicted molar refractivity (Wildman–Crippen MR) is 116 cm³/mol. The van der Waals surface area contributed by atoms with Crippen LogP contribution in [-0.4, -0.2) is 39.3 Å². The number of aromatic nitrogens is 2. The van der Waals surface area contributed by atoms with Gasteiger partial charge in [0.1, 0.15) is 0 Å². The van der Waals surface area contributed by atoms with Gasteiger partial charge in [0.2, 0.25) is 0 Å². The van der Waals surface area contributed by atoms with Gasteiger partial charge in [-0.05, 0) is 64.3 Å². The van der Waals surface area contributed by atoms with Gasteiger partial charge < -0.3 is 21.7 Å². The molecule has 1 aliphatic heterocycles. The second-order valence-corrected chi connectivity index (χ2v) is 9.11. The topological polar surface area (TPSA) is 93.1 Å². The van der Waals surface area contributed by atoms with E-state index in [1.165, 1.54) is 0 Å². The predicted octanol–water partition coefficient (Wildman–Crippen LogP) is 2.97. The summed E-state index contributed by atoms with van der Waals surface area (Å²) in [5.74, 6) is 0.716. The smallest absolute Gasteiger partial charge is 0.0987 e. The van der Waals surface area contributed by atoms with Crippen molar-refractivity contribution in [3.05, 3.63) is 54.1 Å². The Morgan fingerprint density at radius 3 is 2.29 bits per heavy atom. The third-order valence-electron chi connectivity index (χ3n) is 5.44. The Kier molecular flexibility index (Phi) is 5.35. The molecule has 1 fully saturated rings. The Labute approximate surface area is 167 Å². The van der Waals surface area contributed by atoms with E-state index in [9.17, 15) is 0 Å². The fourth-order valence-electron chi connectivity index (χ4n) is 4.32. The molecule has 2 aromatic rings. The number of fused-ring (bicyclic) bond motifs is 1. The molecule has 0 spiro atoms. The third-order valence-corrected chi connectivity index (χ3v) is 5.44. The first-order valence-corrected chi connectivity index (χ1v) is 9.72. The van der Waals surface area contributed by atoms with Crippen LogP contribution in [-0.2, 0) is 0 Å². The number of nitrogens with one attached hydrogen (secondary N) is 1. The molecular weight excluding hydrogens is 348 g/mol. The Morgan fingerprint density at radius 1 is 1.04 bits per heavy atom. The molecule has 0 atom stereocenters. The van der Waals surface area contributed by atoms with E-state index < -0.39 is 0 Å². The van der Waals surface area contributed by atoms with Gasteiger partial charge in [-0.2, -0.15) is 10.2 Å². The van der Waals surface area contributed by atoms with Gasteiger partial charge >= 0.3 is 0 Å². The van der Waals surface area contributed by atoms with Crippen molar-refractivity contribution >= 4 is 16.5 Å². The number of hydrogen-bond acceptors (Lipinski definition) is 6. The molecule has 28 heavy (non-hydrogen) atoms. The molecule has 3 rings (SSSR count). The molecule has 0 bridgehead atoms. The fourth-order valence-corrected chi connectivity index (χ4v) is 4.32. The van der Waals surface area contributed by atoms with Crippen LogP contribution in [0.4, 0.5) is 0 Å². The van der Waals surface area contributed by atoms with E-state index >= 15 is 0 Å². The van der Waals surface area contributed by atoms with Crippen molar-refractivity contribution in [1.29, 1.82) is 0 Å². The number of piperidine rings is 1. The van der Waals surface area contributed by atoms with Crippen molar-refractivity contribution in [2.24, 2.45) is 11.5 Å². The molecular formula is C22H32N6. The molecule has 6 nitrogen and oxygen atoms in total. The van der Waals surface area contributed by atoms with Crippen LogP contribution >= 0.6 is 0 Å². The Bertz CT molecular complexity index is 896. The zero-order valence-electron chi connectivity index (χ0n) is 17.5. The summed E-state index contributed by atoms with van der Waals surface area (Å²) in [6.07, 6.45) is 9.32. The number of hydrogen-bond donors (Lipinski definition) is 3. The maximum Gasteiger partial charge on any atom is 0.0987 e. The quantitative estimate of drug-likeness (QED) is 0.706. The summed E-state index contributed by atoms with van der Waals surface area (Å²) in [7, 11) is 2.06. The molecule has 0 radical (unpaired) electrons. The first-order chi connectivity index (χ1) is 13.1. The SMILES string of the molecule is CN(/C(N)=C/C=C(\N)c1ccc2cnncc2c1)C1CC(C)(C)NC(C)(C)C1. The lowest BCUT2D eigenvalue weighted by Crippen LogP contribution is -2.61. The van der Waals surface area contributed by atoms with Gasteiger partial charge in [0.15, 0.2) is 0 Å². The van der Waals surface area contributed by atoms with Crippen LogP contribution in [0.3, 0.4) is 0 Å². The van der Waals surface area contributed by atoms with E-state index in [2.05, 4.69) is 55.2 Å². The summed E-state index contributed by atoms with van der Waals surface area (Å²) in [4.78, 5) is 2.17. The highest BCUT2D eigenvalue weighted by molar-refractivity contribution is 5.84. The number of nitrogens with two attached hydrogens (primary N) is 2. The second-order valence-electron chi connectivity index (χ2n) is 9.11. The number of allylic oxidation sites excluding steroid dienone is 2. The average molecular weight is 381 g/mol. The average Bonchev–Trinajstić information content (AvgIpc) is 2.62. The van der Waals surface area contributed by atoms with Crippen molar-refractivity contribution in [3.63, 3.8) is 0 Å². The molecule has 1 aromatic carbocycles. The van der Waals surface area contributed by atoms with Crippen LogP contribution in [0.2, 0.25) is 0 Å². The van der Waals surface area contributed by atoms with Crippen molar-refractivity contribution in [1.82, 2.24) is 20.4 Å². The number of rotatable bonds is 4. The summed E-state index contributed by atoms with van der Waals surface area (Å²) < 4.78 is 0. The van der Waals surface area contributed by atoms with Crippen LogP contribution in [0, 0.1) is 0 Å². The zero-order chi connectivity index (χ0) is 20.5. The molecule has 1 aromatic heterocycles. The van der Waals surface area contributed by atoms with Gasteiger partial charge in [-0.1, -0.05) is 12.1 Å². The molecule has 1 aliphatic rings. The van der Waals surface area contributed by atoms with Crippen LogP contribution in [0.25, 0.3) is 16.5 Å². The van der Waals surface area contributed by atoms with Crippen LogP contribution in [0.1, 0.15) is 46.1 Å². The second kappa shape index (κ2) is 7.43. The highest BCUT2D eigenvalue weighted by atomic mass is 15.2. The molecule has 1 saturated heterocycles. The molecule has 2 heterocycles. The normalized spacial score (nSPS) is 20.3. The van der Waals surface area contributed by atoms with E-state index in [1.54, 1.807) is 12.4 Å². The minimum Gasteiger partial charge on any atom is -0.398 e. The molecule has 0 amide bonds. The van der Waals surface area contributed by atoms with E-state index in [0.29, 0.717) is 17.6 Å². The molecule has 0 unspecified atom stereocenters. The number of nitrogens with zero attached hydrogens (tertiary/aromatic N) is 3. The summed E-state index contributed by atoms with van der Waals surface area (Å²) in [5.41, 5.74) is 14.4. The van der Waals surface area contributed by atoms with Gasteiger partial charge in [0.25, 0.3) is 0 Å². The first-order valence-electron chi connectivity index (χ1n) is 9.72. The van der Waals surface area contributed by atoms with Crippen molar-refractivity contribution in [3.8, 4) is 0 Å². The minimum absolute atomic E-state index is 0.0732. The van der Waals surface area contributed by atoms with Crippen molar-refractivity contribution < 1.29 is 0 Å². The van der Waals surface area contributed by atoms with E-state index in [1.807, 2.05) is 30.4 Å². The summed E-state index contributed by atoms with van der Waals surface area (Å²) >= 11 is 0. The monoisotopic (exact) mass is 380 g/mol. The zero-order valence-corrected chi connectivity index (χ0v) is 17.5. The summed E-state index contributed by atoms with van der Waals surface area (Å²) in [6.45, 7) is 8.99. The summed E-state index contributed by atoms with van der Waals surface area (Å²) in [6, 6.07) is 6.37. The fraction of sp³-hybridized carbons (Fsp3) is 0.455.